The van der Waals surface area contributed by atoms with Crippen LogP contribution < -0.4 is 5.32 Å². The van der Waals surface area contributed by atoms with Crippen LogP contribution in [0.25, 0.3) is 0 Å². The normalized spacial score (nSPS) is 12.9. The molecule has 0 heterocycles. The third kappa shape index (κ3) is 92.1. The molecule has 0 bridgehead atoms. The molecule has 0 saturated carbocycles. The van der Waals surface area contributed by atoms with Gasteiger partial charge in [-0.05, 0) is 118 Å². The van der Waals surface area contributed by atoms with Gasteiger partial charge in [0.2, 0.25) is 0 Å². The predicted octanol–water partition coefficient (Wildman–Crippen LogP) is 22.9. The van der Waals surface area contributed by atoms with E-state index < -0.39 is 35.8 Å². The van der Waals surface area contributed by atoms with Gasteiger partial charge in [0.05, 0.1) is 54.8 Å². The smallest absolute Gasteiger partial charge is 0.309 e. The quantitative estimate of drug-likeness (QED) is 0.0336. The van der Waals surface area contributed by atoms with Gasteiger partial charge < -0.3 is 76.9 Å². The van der Waals surface area contributed by atoms with E-state index >= 15 is 0 Å². The number of hydrogen-bond donors (Lipinski definition) is 1. The molecule has 6 unspecified atom stereocenters. The third-order valence-electron chi connectivity index (χ3n) is 25.1. The van der Waals surface area contributed by atoms with E-state index in [2.05, 4.69) is 56.7 Å². The Bertz CT molecular complexity index is 3080. The zero-order chi connectivity index (χ0) is 107. The van der Waals surface area contributed by atoms with Crippen molar-refractivity contribution in [3.63, 3.8) is 0 Å². The summed E-state index contributed by atoms with van der Waals surface area (Å²) in [5, 5.41) is 3.57. The lowest BCUT2D eigenvalue weighted by molar-refractivity contribution is -0.154. The summed E-state index contributed by atoms with van der Waals surface area (Å²) in [7, 11) is 0. The van der Waals surface area contributed by atoms with Crippen molar-refractivity contribution in [1.82, 2.24) is 20.0 Å². The second-order valence-corrected chi connectivity index (χ2v) is 46.0. The van der Waals surface area contributed by atoms with Crippen LogP contribution in [0.1, 0.15) is 378 Å². The molecule has 0 aromatic rings. The highest BCUT2D eigenvalue weighted by Gasteiger charge is 2.25. The van der Waals surface area contributed by atoms with Crippen molar-refractivity contribution in [3.8, 4) is 0 Å². The number of nitrogens with zero attached hydrogens (tertiary/aromatic N) is 3. The Labute approximate surface area is 910 Å². The molecule has 0 amide bonds. The van der Waals surface area contributed by atoms with E-state index in [-0.39, 0.29) is 215 Å². The van der Waals surface area contributed by atoms with Gasteiger partial charge >= 0.3 is 71.6 Å². The first-order valence-electron chi connectivity index (χ1n) is 57.1. The van der Waals surface area contributed by atoms with E-state index in [1.807, 2.05) is 46.4 Å². The van der Waals surface area contributed by atoms with Crippen LogP contribution >= 0.6 is 70.6 Å². The van der Waals surface area contributed by atoms with Gasteiger partial charge in [-0.2, -0.15) is 70.6 Å². The number of hydrogen-bond acceptors (Lipinski definition) is 34. The Hall–Kier alpha value is -4.42. The minimum absolute atomic E-state index is 0.0216. The summed E-state index contributed by atoms with van der Waals surface area (Å²) < 4.78 is 67.0. The Kier molecular flexibility index (Phi) is 102. The summed E-state index contributed by atoms with van der Waals surface area (Å²) in [6, 6.07) is 0. The molecule has 854 valence electrons. The number of thioether (sulfide) groups is 6. The second-order valence-electron chi connectivity index (χ2n) is 39.2. The summed E-state index contributed by atoms with van der Waals surface area (Å²) >= 11 is 10.4. The van der Waals surface area contributed by atoms with Crippen molar-refractivity contribution in [3.05, 3.63) is 0 Å². The minimum atomic E-state index is -0.537. The van der Waals surface area contributed by atoms with Gasteiger partial charge in [-0.3, -0.25) is 57.5 Å². The van der Waals surface area contributed by atoms with E-state index in [1.54, 1.807) is 70.6 Å². The van der Waals surface area contributed by atoms with Gasteiger partial charge in [-0.25, -0.2) is 0 Å². The Morgan fingerprint density at radius 1 is 0.199 bits per heavy atom. The Morgan fingerprint density at radius 2 is 0.390 bits per heavy atom. The van der Waals surface area contributed by atoms with Gasteiger partial charge in [-0.15, -0.1) is 0 Å². The van der Waals surface area contributed by atoms with Crippen LogP contribution in [-0.4, -0.2) is 307 Å². The maximum absolute atomic E-state index is 13.8. The highest BCUT2D eigenvalue weighted by molar-refractivity contribution is 8.00. The molecular formula is C112H206N4O24S6. The van der Waals surface area contributed by atoms with Gasteiger partial charge in [0.1, 0.15) is 79.3 Å². The van der Waals surface area contributed by atoms with Crippen LogP contribution in [0.3, 0.4) is 0 Å². The van der Waals surface area contributed by atoms with Crippen LogP contribution in [0.5, 0.6) is 0 Å². The van der Waals surface area contributed by atoms with Crippen LogP contribution in [0.15, 0.2) is 0 Å². The third-order valence-corrected chi connectivity index (χ3v) is 33.0. The van der Waals surface area contributed by atoms with Crippen LogP contribution in [0.2, 0.25) is 0 Å². The molecule has 0 spiro atoms. The van der Waals surface area contributed by atoms with Crippen molar-refractivity contribution >= 4 is 142 Å². The van der Waals surface area contributed by atoms with E-state index in [0.717, 1.165) is 73.0 Å². The maximum atomic E-state index is 13.8. The van der Waals surface area contributed by atoms with Crippen molar-refractivity contribution in [2.75, 3.05) is 220 Å². The topological polar surface area (TPSA) is 337 Å². The number of ether oxygens (including phenoxy) is 12. The van der Waals surface area contributed by atoms with Crippen LogP contribution in [0, 0.1) is 41.4 Å². The summed E-state index contributed by atoms with van der Waals surface area (Å²) in [5.41, 5.74) is 0. The van der Waals surface area contributed by atoms with Gasteiger partial charge in [0.25, 0.3) is 0 Å². The molecule has 6 atom stereocenters. The Morgan fingerprint density at radius 3 is 0.623 bits per heavy atom. The average Bonchev–Trinajstić information content (AvgIpc) is 0.923. The zero-order valence-corrected chi connectivity index (χ0v) is 98.3. The molecule has 0 radical (unpaired) electrons. The lowest BCUT2D eigenvalue weighted by Gasteiger charge is -2.30. The van der Waals surface area contributed by atoms with E-state index in [0.29, 0.717) is 113 Å². The average molecular weight is 2190 g/mol. The maximum Gasteiger partial charge on any atom is 0.309 e. The minimum Gasteiger partial charge on any atom is -0.462 e. The Balaban J connectivity index is 7.24. The largest absolute Gasteiger partial charge is 0.462 e. The standard InChI is InChI=1S/C112H206N4O24S6/c1-13-19-25-31-37-43-82-141-88-94(7)107(123)135-76-70-129-101(117)50-49-61-114(66-68-115(62-56-104(120)132-73-79-138-110(126)97(10)91-144-85-46-40-34-28-22-16-4)63-57-105(121)133-74-80-139-111(127)98(11)92-145-86-47-41-35-29-23-17-5)67-69-116(64-58-106(122)134-75-81-140-112(128)99(12)93-146-87-48-42-36-30-24-18-6)65-60-113-59-55-100(51-53-102(118)130-71-77-136-108(124)95(8)89-142-83-44-38-32-26-20-14-2)52-54-103(119)131-72-78-137-109(125)96(9)90-143-84-45-39-33-27-21-15-3/h94-100,113H,13-93H2,1-12H3. The first kappa shape index (κ1) is 142. The fraction of sp³-hybridized carbons (Fsp3) is 0.893. The van der Waals surface area contributed by atoms with Crippen molar-refractivity contribution in [2.24, 2.45) is 41.4 Å². The van der Waals surface area contributed by atoms with Crippen molar-refractivity contribution in [1.29, 1.82) is 0 Å². The summed E-state index contributed by atoms with van der Waals surface area (Å²) in [6.45, 7) is 26.7. The van der Waals surface area contributed by atoms with E-state index in [9.17, 15) is 57.5 Å². The molecule has 0 aliphatic heterocycles. The SMILES string of the molecule is CCCCCCCCSCC(C)C(=O)OCCOC(=O)CCCN(CCN(CCNCCC(CCC(=O)OCCOC(=O)C(C)CSCCCCCCCC)CCC(=O)OCCOC(=O)C(C)CSCCCCCCCC)CCC(=O)OCCOC(=O)C(C)CSCCCCCCCC)CCN(CCC(=O)OCCOC(=O)C(C)CSCCCCCCCC)CCC(=O)OCCOC(=O)C(C)CSCCCCCCCC. The molecule has 0 aromatic carbocycles. The van der Waals surface area contributed by atoms with Crippen molar-refractivity contribution < 1.29 is 114 Å². The van der Waals surface area contributed by atoms with E-state index in [4.69, 9.17) is 56.8 Å². The molecule has 1 N–H and O–H groups in total. The first-order valence-corrected chi connectivity index (χ1v) is 64.0. The molecular weight excluding hydrogens is 1980 g/mol. The number of carbonyl (C=O) groups is 12. The summed E-state index contributed by atoms with van der Waals surface area (Å²) in [5.74, 6) is 2.43. The molecule has 0 aliphatic carbocycles. The lowest BCUT2D eigenvalue weighted by Crippen LogP contribution is -2.43. The molecule has 146 heavy (non-hydrogen) atoms. The summed E-state index contributed by atoms with van der Waals surface area (Å²) in [6.07, 6.45) is 44.6. The molecule has 0 rings (SSSR count). The first-order chi connectivity index (χ1) is 70.8. The fourth-order valence-electron chi connectivity index (χ4n) is 15.5. The highest BCUT2D eigenvalue weighted by Crippen LogP contribution is 2.24. The number of esters is 12. The number of nitrogens with one attached hydrogen (secondary N) is 1. The zero-order valence-electron chi connectivity index (χ0n) is 93.4. The van der Waals surface area contributed by atoms with Gasteiger partial charge in [0, 0.05) is 113 Å². The molecule has 0 aliphatic rings. The highest BCUT2D eigenvalue weighted by atomic mass is 32.2. The molecule has 28 nitrogen and oxygen atoms in total. The van der Waals surface area contributed by atoms with Crippen molar-refractivity contribution in [2.45, 2.75) is 378 Å². The molecule has 0 aromatic heterocycles. The number of rotatable bonds is 109. The predicted molar refractivity (Wildman–Crippen MR) is 603 cm³/mol. The molecule has 0 saturated heterocycles. The lowest BCUT2D eigenvalue weighted by atomic mass is 9.94. The monoisotopic (exact) mass is 2180 g/mol. The van der Waals surface area contributed by atoms with Gasteiger partial charge in [0.15, 0.2) is 0 Å². The second kappa shape index (κ2) is 105. The van der Waals surface area contributed by atoms with Gasteiger partial charge in [-0.1, -0.05) is 276 Å². The molecule has 34 heteroatoms. The fourth-order valence-corrected chi connectivity index (χ4v) is 21.8. The number of carbonyl (C=O) groups excluding carboxylic acids is 12. The van der Waals surface area contributed by atoms with E-state index in [1.165, 1.54) is 193 Å². The molecule has 0 fully saturated rings. The summed E-state index contributed by atoms with van der Waals surface area (Å²) in [4.78, 5) is 166. The van der Waals surface area contributed by atoms with Crippen LogP contribution in [-0.2, 0) is 114 Å². The van der Waals surface area contributed by atoms with Crippen LogP contribution in [0.4, 0.5) is 0 Å². The number of unbranched alkanes of at least 4 members (excludes halogenated alkanes) is 30.